The number of carbonyl (C=O) groups is 5. The van der Waals surface area contributed by atoms with Crippen molar-refractivity contribution in [1.82, 2.24) is 45.5 Å². The van der Waals surface area contributed by atoms with Crippen LogP contribution in [0.1, 0.15) is 105 Å². The second-order valence-electron chi connectivity index (χ2n) is 19.8. The Kier molecular flexibility index (Phi) is 13.7. The molecule has 16 heteroatoms. The maximum absolute atomic E-state index is 14.4. The van der Waals surface area contributed by atoms with Crippen molar-refractivity contribution in [1.29, 1.82) is 0 Å². The SMILES string of the molecule is O=C(N[C@@H](C(=O)N1CCC[C@H]1CNC(=O)C12CCC(c3ccc(-c4cnc([C@@H]5CCCN5C(=O)[C@H](NC(=O)N5CCOCC5)c5ccccc5)[nH]4)cc3)(CC1)CC2)c1ccccc1)N1CCOCC1. The molecule has 0 spiro atoms. The molecule has 7 fully saturated rings. The molecule has 4 aromatic rings. The first-order chi connectivity index (χ1) is 33.7. The summed E-state index contributed by atoms with van der Waals surface area (Å²) in [5, 5.41) is 9.38. The van der Waals surface area contributed by atoms with E-state index < -0.39 is 17.5 Å². The van der Waals surface area contributed by atoms with Crippen LogP contribution in [0.3, 0.4) is 0 Å². The van der Waals surface area contributed by atoms with Gasteiger partial charge in [0.2, 0.25) is 17.7 Å². The number of nitrogens with one attached hydrogen (secondary N) is 4. The Balaban J connectivity index is 0.748. The van der Waals surface area contributed by atoms with E-state index in [1.807, 2.05) is 76.7 Å². The lowest BCUT2D eigenvalue weighted by Gasteiger charge is -2.53. The first-order valence-corrected chi connectivity index (χ1v) is 25.1. The van der Waals surface area contributed by atoms with Crippen LogP contribution in [0.25, 0.3) is 11.3 Å². The summed E-state index contributed by atoms with van der Waals surface area (Å²) in [6, 6.07) is 25.0. The van der Waals surface area contributed by atoms with E-state index in [0.717, 1.165) is 92.4 Å². The fourth-order valence-electron chi connectivity index (χ4n) is 11.8. The number of urea groups is 2. The van der Waals surface area contributed by atoms with E-state index in [1.54, 1.807) is 9.80 Å². The first-order valence-electron chi connectivity index (χ1n) is 25.1. The van der Waals surface area contributed by atoms with Gasteiger partial charge in [-0.05, 0) is 91.9 Å². The molecule has 3 aromatic carbocycles. The third-order valence-corrected chi connectivity index (χ3v) is 16.0. The molecule has 3 saturated carbocycles. The third-order valence-electron chi connectivity index (χ3n) is 16.0. The van der Waals surface area contributed by atoms with Gasteiger partial charge in [-0.1, -0.05) is 84.9 Å². The summed E-state index contributed by atoms with van der Waals surface area (Å²) in [5.74, 6) is 0.526. The summed E-state index contributed by atoms with van der Waals surface area (Å²) in [6.07, 6.45) is 10.3. The Morgan fingerprint density at radius 1 is 0.638 bits per heavy atom. The lowest BCUT2D eigenvalue weighted by atomic mass is 9.51. The molecule has 7 amide bonds. The lowest BCUT2D eigenvalue weighted by molar-refractivity contribution is -0.139. The number of H-pyrrole nitrogens is 1. The maximum Gasteiger partial charge on any atom is 0.318 e. The molecule has 0 radical (unpaired) electrons. The van der Waals surface area contributed by atoms with Crippen LogP contribution in [0.4, 0.5) is 9.59 Å². The van der Waals surface area contributed by atoms with E-state index in [-0.39, 0.29) is 47.3 Å². The highest BCUT2D eigenvalue weighted by atomic mass is 16.5. The van der Waals surface area contributed by atoms with Crippen LogP contribution in [0.2, 0.25) is 0 Å². The number of amides is 7. The standard InChI is InChI=1S/C53H65N9O7/c63-47(44(38-9-3-1-4-10-38)57-50(66)59-27-31-68-32-28-59)61-25-7-13-41(61)35-55-49(65)53-22-19-52(20-23-53,21-24-53)40-17-15-37(16-18-40)42-36-54-46(56-42)43-14-8-26-62(43)48(64)45(39-11-5-2-6-12-39)58-51(67)60-29-33-69-34-30-60/h1-6,9-12,15-18,36,41,43-45H,7-8,13-14,19-35H2,(H,54,56)(H,55,65)(H,57,66)(H,58,67)/t41-,43-,44+,45+,52?,53?/m0/s1. The van der Waals surface area contributed by atoms with Gasteiger partial charge in [-0.3, -0.25) is 14.4 Å². The van der Waals surface area contributed by atoms with Crippen molar-refractivity contribution in [2.45, 2.75) is 93.8 Å². The quantitative estimate of drug-likeness (QED) is 0.133. The van der Waals surface area contributed by atoms with Gasteiger partial charge in [0.15, 0.2) is 0 Å². The van der Waals surface area contributed by atoms with Crippen LogP contribution >= 0.6 is 0 Å². The smallest absolute Gasteiger partial charge is 0.318 e. The molecule has 2 bridgehead atoms. The minimum atomic E-state index is -0.829. The topological polar surface area (TPSA) is 182 Å². The number of likely N-dealkylation sites (tertiary alicyclic amines) is 2. The van der Waals surface area contributed by atoms with Crippen LogP contribution < -0.4 is 16.0 Å². The lowest BCUT2D eigenvalue weighted by Crippen LogP contribution is -2.54. The highest BCUT2D eigenvalue weighted by Gasteiger charge is 2.53. The molecule has 7 aliphatic rings. The van der Waals surface area contributed by atoms with E-state index >= 15 is 0 Å². The molecule has 3 aliphatic carbocycles. The fraction of sp³-hybridized carbons (Fsp3) is 0.509. The van der Waals surface area contributed by atoms with E-state index in [4.69, 9.17) is 14.5 Å². The number of hydrogen-bond donors (Lipinski definition) is 4. The fourth-order valence-corrected chi connectivity index (χ4v) is 11.8. The molecule has 1 aromatic heterocycles. The summed E-state index contributed by atoms with van der Waals surface area (Å²) in [7, 11) is 0. The number of ether oxygens (including phenoxy) is 2. The average Bonchev–Trinajstić information content (AvgIpc) is 4.23. The van der Waals surface area contributed by atoms with Crippen molar-refractivity contribution in [2.24, 2.45) is 5.41 Å². The van der Waals surface area contributed by atoms with Gasteiger partial charge >= 0.3 is 12.1 Å². The van der Waals surface area contributed by atoms with Gasteiger partial charge in [0, 0.05) is 57.3 Å². The Labute approximate surface area is 403 Å². The van der Waals surface area contributed by atoms with E-state index in [2.05, 4.69) is 45.2 Å². The molecule has 364 valence electrons. The monoisotopic (exact) mass is 940 g/mol. The van der Waals surface area contributed by atoms with E-state index in [1.165, 1.54) is 5.56 Å². The summed E-state index contributed by atoms with van der Waals surface area (Å²) >= 11 is 0. The number of rotatable bonds is 12. The van der Waals surface area contributed by atoms with E-state index in [0.29, 0.717) is 72.2 Å². The Morgan fingerprint density at radius 2 is 1.16 bits per heavy atom. The normalized spacial score (nSPS) is 25.5. The highest BCUT2D eigenvalue weighted by Crippen LogP contribution is 2.58. The molecule has 4 atom stereocenters. The second-order valence-corrected chi connectivity index (χ2v) is 19.8. The van der Waals surface area contributed by atoms with Crippen molar-refractivity contribution in [3.8, 4) is 11.3 Å². The number of aromatic nitrogens is 2. The average molecular weight is 940 g/mol. The molecule has 5 heterocycles. The molecule has 0 unspecified atom stereocenters. The molecule has 11 rings (SSSR count). The molecular weight excluding hydrogens is 875 g/mol. The van der Waals surface area contributed by atoms with Crippen LogP contribution in [-0.4, -0.2) is 138 Å². The van der Waals surface area contributed by atoms with Gasteiger partial charge in [0.25, 0.3) is 0 Å². The predicted octanol–water partition coefficient (Wildman–Crippen LogP) is 6.01. The Hall–Kier alpha value is -6.26. The van der Waals surface area contributed by atoms with Crippen molar-refractivity contribution >= 4 is 29.8 Å². The number of nitrogens with zero attached hydrogens (tertiary/aromatic N) is 5. The van der Waals surface area contributed by atoms with Gasteiger partial charge in [-0.15, -0.1) is 0 Å². The summed E-state index contributed by atoms with van der Waals surface area (Å²) in [5.41, 5.74) is 4.27. The highest BCUT2D eigenvalue weighted by molar-refractivity contribution is 5.90. The van der Waals surface area contributed by atoms with Crippen molar-refractivity contribution in [3.63, 3.8) is 0 Å². The molecule has 16 nitrogen and oxygen atoms in total. The second kappa shape index (κ2) is 20.4. The van der Waals surface area contributed by atoms with Gasteiger partial charge < -0.3 is 50.0 Å². The summed E-state index contributed by atoms with van der Waals surface area (Å²) < 4.78 is 10.9. The zero-order valence-electron chi connectivity index (χ0n) is 39.4. The van der Waals surface area contributed by atoms with Gasteiger partial charge in [0.05, 0.1) is 44.4 Å². The number of benzene rings is 3. The molecule has 69 heavy (non-hydrogen) atoms. The number of aromatic amines is 1. The summed E-state index contributed by atoms with van der Waals surface area (Å²) in [6.45, 7) is 5.37. The Morgan fingerprint density at radius 3 is 1.72 bits per heavy atom. The minimum Gasteiger partial charge on any atom is -0.378 e. The Bertz CT molecular complexity index is 2430. The number of carbonyl (C=O) groups excluding carboxylic acids is 5. The van der Waals surface area contributed by atoms with Crippen LogP contribution in [0.15, 0.2) is 91.1 Å². The number of imidazole rings is 1. The predicted molar refractivity (Wildman–Crippen MR) is 257 cm³/mol. The summed E-state index contributed by atoms with van der Waals surface area (Å²) in [4.78, 5) is 84.9. The van der Waals surface area contributed by atoms with Crippen molar-refractivity contribution < 1.29 is 33.4 Å². The van der Waals surface area contributed by atoms with Crippen molar-refractivity contribution in [3.05, 3.63) is 114 Å². The molecule has 4 aliphatic heterocycles. The van der Waals surface area contributed by atoms with Crippen LogP contribution in [-0.2, 0) is 29.3 Å². The van der Waals surface area contributed by atoms with Crippen molar-refractivity contribution in [2.75, 3.05) is 72.2 Å². The number of hydrogen-bond acceptors (Lipinski definition) is 8. The number of fused-ring (bicyclic) bond motifs is 3. The molecule has 4 saturated heterocycles. The van der Waals surface area contributed by atoms with Gasteiger partial charge in [-0.2, -0.15) is 0 Å². The van der Waals surface area contributed by atoms with E-state index in [9.17, 15) is 24.0 Å². The minimum absolute atomic E-state index is 0.0175. The first kappa shape index (κ1) is 46.5. The zero-order valence-corrected chi connectivity index (χ0v) is 39.4. The molecule has 4 N–H and O–H groups in total. The largest absolute Gasteiger partial charge is 0.378 e. The maximum atomic E-state index is 14.4. The van der Waals surface area contributed by atoms with Gasteiger partial charge in [-0.25, -0.2) is 14.6 Å². The third kappa shape index (κ3) is 9.70. The van der Waals surface area contributed by atoms with Crippen LogP contribution in [0.5, 0.6) is 0 Å². The molecular formula is C53H65N9O7. The zero-order chi connectivity index (χ0) is 47.4. The number of morpholine rings is 2. The van der Waals surface area contributed by atoms with Crippen LogP contribution in [0, 0.1) is 5.41 Å². The van der Waals surface area contributed by atoms with Gasteiger partial charge in [0.1, 0.15) is 17.9 Å².